The molecule has 0 spiro atoms. The third-order valence-corrected chi connectivity index (χ3v) is 4.51. The fourth-order valence-electron chi connectivity index (χ4n) is 3.11. The Kier molecular flexibility index (Phi) is 8.69. The Hall–Kier alpha value is -0.160. The van der Waals surface area contributed by atoms with Gasteiger partial charge >= 0.3 is 0 Å². The summed E-state index contributed by atoms with van der Waals surface area (Å²) in [5, 5.41) is 12.8. The van der Waals surface area contributed by atoms with Crippen LogP contribution in [-0.4, -0.2) is 62.0 Å². The Labute approximate surface area is 124 Å². The van der Waals surface area contributed by atoms with Crippen LogP contribution in [0.3, 0.4) is 0 Å². The van der Waals surface area contributed by atoms with Gasteiger partial charge in [0.2, 0.25) is 0 Å². The van der Waals surface area contributed by atoms with Gasteiger partial charge in [0.1, 0.15) is 0 Å². The van der Waals surface area contributed by atoms with Crippen molar-refractivity contribution < 1.29 is 9.84 Å². The van der Waals surface area contributed by atoms with Crippen molar-refractivity contribution in [3.63, 3.8) is 0 Å². The van der Waals surface area contributed by atoms with Gasteiger partial charge in [0, 0.05) is 19.3 Å². The lowest BCUT2D eigenvalue weighted by molar-refractivity contribution is 0.0979. The molecule has 2 N–H and O–H groups in total. The molecule has 4 heteroatoms. The Morgan fingerprint density at radius 1 is 1.30 bits per heavy atom. The summed E-state index contributed by atoms with van der Waals surface area (Å²) in [6.07, 6.45) is 6.02. The minimum atomic E-state index is -0.0970. The van der Waals surface area contributed by atoms with E-state index in [1.165, 1.54) is 45.3 Å². The van der Waals surface area contributed by atoms with E-state index in [-0.39, 0.29) is 12.1 Å². The number of aliphatic hydroxyl groups excluding tert-OH is 1. The molecule has 20 heavy (non-hydrogen) atoms. The van der Waals surface area contributed by atoms with Gasteiger partial charge in [-0.15, -0.1) is 0 Å². The van der Waals surface area contributed by atoms with Crippen LogP contribution in [-0.2, 0) is 4.74 Å². The summed E-state index contributed by atoms with van der Waals surface area (Å²) in [6, 6.07) is 0. The maximum atomic E-state index is 9.46. The standard InChI is InChI=1S/C16H34N2O2/c1-4-17-16(2,14-19)9-5-6-10-18-11-7-15(8-12-18)13-20-3/h15,17,19H,4-14H2,1-3H3. The van der Waals surface area contributed by atoms with Gasteiger partial charge in [0.05, 0.1) is 6.61 Å². The SMILES string of the molecule is CCNC(C)(CO)CCCCN1CCC(COC)CC1. The molecular formula is C16H34N2O2. The summed E-state index contributed by atoms with van der Waals surface area (Å²) in [5.41, 5.74) is -0.0970. The molecule has 0 aromatic heterocycles. The van der Waals surface area contributed by atoms with Crippen LogP contribution in [0.15, 0.2) is 0 Å². The third-order valence-electron chi connectivity index (χ3n) is 4.51. The van der Waals surface area contributed by atoms with Crippen LogP contribution in [0.25, 0.3) is 0 Å². The Morgan fingerprint density at radius 3 is 2.55 bits per heavy atom. The zero-order valence-corrected chi connectivity index (χ0v) is 13.7. The fourth-order valence-corrected chi connectivity index (χ4v) is 3.11. The van der Waals surface area contributed by atoms with Crippen LogP contribution in [0.1, 0.15) is 46.0 Å². The summed E-state index contributed by atoms with van der Waals surface area (Å²) in [5.74, 6) is 0.766. The van der Waals surface area contributed by atoms with Crippen molar-refractivity contribution in [1.29, 1.82) is 0 Å². The first-order chi connectivity index (χ1) is 9.63. The quantitative estimate of drug-likeness (QED) is 0.602. The highest BCUT2D eigenvalue weighted by Gasteiger charge is 2.22. The number of hydrogen-bond donors (Lipinski definition) is 2. The van der Waals surface area contributed by atoms with E-state index in [0.29, 0.717) is 0 Å². The molecule has 1 rings (SSSR count). The number of aliphatic hydroxyl groups is 1. The second-order valence-corrected chi connectivity index (χ2v) is 6.45. The first-order valence-corrected chi connectivity index (χ1v) is 8.20. The summed E-state index contributed by atoms with van der Waals surface area (Å²) in [4.78, 5) is 2.58. The molecule has 1 fully saturated rings. The van der Waals surface area contributed by atoms with Crippen molar-refractivity contribution in [2.24, 2.45) is 5.92 Å². The highest BCUT2D eigenvalue weighted by molar-refractivity contribution is 4.81. The molecule has 1 aliphatic rings. The maximum absolute atomic E-state index is 9.46. The van der Waals surface area contributed by atoms with Crippen LogP contribution >= 0.6 is 0 Å². The normalized spacial score (nSPS) is 21.0. The molecule has 1 saturated heterocycles. The van der Waals surface area contributed by atoms with Crippen molar-refractivity contribution >= 4 is 0 Å². The van der Waals surface area contributed by atoms with E-state index < -0.39 is 0 Å². The lowest BCUT2D eigenvalue weighted by Crippen LogP contribution is -2.45. The predicted octanol–water partition coefficient (Wildman–Crippen LogP) is 1.88. The molecule has 0 saturated carbocycles. The van der Waals surface area contributed by atoms with Gasteiger partial charge in [0.15, 0.2) is 0 Å². The number of nitrogens with one attached hydrogen (secondary N) is 1. The van der Waals surface area contributed by atoms with E-state index in [4.69, 9.17) is 4.74 Å². The van der Waals surface area contributed by atoms with Crippen LogP contribution < -0.4 is 5.32 Å². The number of piperidine rings is 1. The van der Waals surface area contributed by atoms with Crippen molar-refractivity contribution in [3.8, 4) is 0 Å². The fraction of sp³-hybridized carbons (Fsp3) is 1.00. The Balaban J connectivity index is 2.10. The Bertz CT molecular complexity index is 243. The molecule has 0 aromatic carbocycles. The summed E-state index contributed by atoms with van der Waals surface area (Å²) < 4.78 is 5.24. The molecule has 0 aromatic rings. The molecule has 120 valence electrons. The first-order valence-electron chi connectivity index (χ1n) is 8.20. The summed E-state index contributed by atoms with van der Waals surface area (Å²) >= 11 is 0. The molecule has 0 aliphatic carbocycles. The van der Waals surface area contributed by atoms with Crippen molar-refractivity contribution in [2.45, 2.75) is 51.5 Å². The predicted molar refractivity (Wildman–Crippen MR) is 84.1 cm³/mol. The highest BCUT2D eigenvalue weighted by Crippen LogP contribution is 2.18. The summed E-state index contributed by atoms with van der Waals surface area (Å²) in [6.45, 7) is 9.92. The van der Waals surface area contributed by atoms with Crippen molar-refractivity contribution in [2.75, 3.05) is 46.5 Å². The molecule has 4 nitrogen and oxygen atoms in total. The third kappa shape index (κ3) is 6.53. The number of nitrogens with zero attached hydrogens (tertiary/aromatic N) is 1. The lowest BCUT2D eigenvalue weighted by Gasteiger charge is -2.32. The minimum Gasteiger partial charge on any atom is -0.394 e. The van der Waals surface area contributed by atoms with Crippen LogP contribution in [0.5, 0.6) is 0 Å². The maximum Gasteiger partial charge on any atom is 0.0610 e. The van der Waals surface area contributed by atoms with E-state index in [9.17, 15) is 5.11 Å². The number of hydrogen-bond acceptors (Lipinski definition) is 4. The van der Waals surface area contributed by atoms with Gasteiger partial charge in [-0.2, -0.15) is 0 Å². The average molecular weight is 286 g/mol. The van der Waals surface area contributed by atoms with E-state index >= 15 is 0 Å². The topological polar surface area (TPSA) is 44.7 Å². The van der Waals surface area contributed by atoms with Gasteiger partial charge in [-0.25, -0.2) is 0 Å². The number of ether oxygens (including phenoxy) is 1. The number of likely N-dealkylation sites (N-methyl/N-ethyl adjacent to an activating group) is 1. The molecule has 0 radical (unpaired) electrons. The second-order valence-electron chi connectivity index (χ2n) is 6.45. The number of likely N-dealkylation sites (tertiary alicyclic amines) is 1. The zero-order valence-electron chi connectivity index (χ0n) is 13.7. The van der Waals surface area contributed by atoms with Crippen LogP contribution in [0.4, 0.5) is 0 Å². The van der Waals surface area contributed by atoms with E-state index in [2.05, 4.69) is 24.1 Å². The number of methoxy groups -OCH3 is 1. The van der Waals surface area contributed by atoms with Crippen LogP contribution in [0.2, 0.25) is 0 Å². The van der Waals surface area contributed by atoms with Gasteiger partial charge < -0.3 is 20.1 Å². The molecule has 0 amide bonds. The van der Waals surface area contributed by atoms with Crippen LogP contribution in [0, 0.1) is 5.92 Å². The lowest BCUT2D eigenvalue weighted by atomic mass is 9.95. The smallest absolute Gasteiger partial charge is 0.0610 e. The first kappa shape index (κ1) is 17.9. The second kappa shape index (κ2) is 9.72. The van der Waals surface area contributed by atoms with Gasteiger partial charge in [-0.3, -0.25) is 0 Å². The minimum absolute atomic E-state index is 0.0970. The van der Waals surface area contributed by atoms with Crippen molar-refractivity contribution in [1.82, 2.24) is 10.2 Å². The highest BCUT2D eigenvalue weighted by atomic mass is 16.5. The van der Waals surface area contributed by atoms with E-state index in [1.54, 1.807) is 7.11 Å². The Morgan fingerprint density at radius 2 is 2.00 bits per heavy atom. The molecular weight excluding hydrogens is 252 g/mol. The summed E-state index contributed by atoms with van der Waals surface area (Å²) in [7, 11) is 1.80. The molecule has 1 unspecified atom stereocenters. The molecule has 1 aliphatic heterocycles. The molecule has 1 heterocycles. The van der Waals surface area contributed by atoms with E-state index in [1.807, 2.05) is 0 Å². The van der Waals surface area contributed by atoms with E-state index in [0.717, 1.165) is 25.5 Å². The van der Waals surface area contributed by atoms with Gasteiger partial charge in [-0.1, -0.05) is 13.3 Å². The van der Waals surface area contributed by atoms with Gasteiger partial charge in [-0.05, 0) is 64.7 Å². The largest absolute Gasteiger partial charge is 0.394 e. The molecule has 0 bridgehead atoms. The van der Waals surface area contributed by atoms with Crippen molar-refractivity contribution in [3.05, 3.63) is 0 Å². The zero-order chi connectivity index (χ0) is 14.8. The number of rotatable bonds is 10. The molecule has 1 atom stereocenters. The number of unbranched alkanes of at least 4 members (excludes halogenated alkanes) is 1. The average Bonchev–Trinajstić information content (AvgIpc) is 2.46. The van der Waals surface area contributed by atoms with Gasteiger partial charge in [0.25, 0.3) is 0 Å². The monoisotopic (exact) mass is 286 g/mol.